The third-order valence-corrected chi connectivity index (χ3v) is 12.5. The van der Waals surface area contributed by atoms with E-state index < -0.39 is 0 Å². The van der Waals surface area contributed by atoms with Crippen molar-refractivity contribution < 1.29 is 47.2 Å². The molecule has 0 aliphatic rings. The molecule has 2 atom stereocenters. The molecule has 1 N–H and O–H groups in total. The van der Waals surface area contributed by atoms with Crippen LogP contribution in [-0.2, 0) is 42.4 Å². The SMILES string of the molecule is COC(=O)C[C@H](C=C(C)C)c1ccc(O)cc1.COC(=O)C[C@H](C=C(C)C)c1ccc(OCc2ccc(C(C)(C)C)c(-c3cc(OC)ccc3F)c2)cc1.COc1ccc(F)c(-c2cc(CCl)ccc2C(C)(C)C)c1. The Balaban J connectivity index is 0.000000269. The Kier molecular flexibility index (Phi) is 22.7. The number of hydrogen-bond donors (Lipinski definition) is 1. The number of phenolic OH excluding ortho intramolecular Hbond substituents is 1. The van der Waals surface area contributed by atoms with Gasteiger partial charge >= 0.3 is 11.9 Å². The van der Waals surface area contributed by atoms with Crippen LogP contribution in [0.5, 0.6) is 23.0 Å². The maximum Gasteiger partial charge on any atom is 0.306 e. The fraction of sp³-hybridized carbons (Fsp3) is 0.344. The van der Waals surface area contributed by atoms with Crippen molar-refractivity contribution in [2.24, 2.45) is 0 Å². The summed E-state index contributed by atoms with van der Waals surface area (Å²) < 4.78 is 55.4. The van der Waals surface area contributed by atoms with E-state index in [2.05, 4.69) is 52.4 Å². The second kappa shape index (κ2) is 28.1. The van der Waals surface area contributed by atoms with E-state index in [0.717, 1.165) is 55.7 Å². The zero-order valence-corrected chi connectivity index (χ0v) is 46.9. The van der Waals surface area contributed by atoms with Crippen molar-refractivity contribution in [2.75, 3.05) is 28.4 Å². The van der Waals surface area contributed by atoms with Crippen molar-refractivity contribution in [3.8, 4) is 45.3 Å². The molecule has 75 heavy (non-hydrogen) atoms. The number of esters is 2. The van der Waals surface area contributed by atoms with Crippen LogP contribution in [0.3, 0.4) is 0 Å². The van der Waals surface area contributed by atoms with Gasteiger partial charge in [0.05, 0.1) is 41.3 Å². The van der Waals surface area contributed by atoms with E-state index in [4.69, 9.17) is 30.5 Å². The van der Waals surface area contributed by atoms with Gasteiger partial charge in [0.15, 0.2) is 0 Å². The zero-order valence-electron chi connectivity index (χ0n) is 46.1. The van der Waals surface area contributed by atoms with E-state index in [1.807, 2.05) is 107 Å². The Bertz CT molecular complexity index is 2880. The first-order chi connectivity index (χ1) is 35.4. The normalized spacial score (nSPS) is 11.8. The van der Waals surface area contributed by atoms with Crippen LogP contribution < -0.4 is 14.2 Å². The first kappa shape index (κ1) is 60.6. The van der Waals surface area contributed by atoms with Gasteiger partial charge in [-0.1, -0.05) is 113 Å². The van der Waals surface area contributed by atoms with Crippen molar-refractivity contribution in [1.29, 1.82) is 0 Å². The summed E-state index contributed by atoms with van der Waals surface area (Å²) in [6.45, 7) is 21.0. The van der Waals surface area contributed by atoms with E-state index in [1.165, 1.54) is 26.4 Å². The molecule has 6 rings (SSSR count). The summed E-state index contributed by atoms with van der Waals surface area (Å²) in [6.07, 6.45) is 4.70. The number of carbonyl (C=O) groups is 2. The van der Waals surface area contributed by atoms with Crippen molar-refractivity contribution in [3.05, 3.63) is 190 Å². The highest BCUT2D eigenvalue weighted by molar-refractivity contribution is 6.17. The molecular weight excluding hydrogens is 970 g/mol. The lowest BCUT2D eigenvalue weighted by Gasteiger charge is -2.24. The number of hydrogen-bond acceptors (Lipinski definition) is 8. The van der Waals surface area contributed by atoms with Crippen LogP contribution in [0.4, 0.5) is 8.78 Å². The number of allylic oxidation sites excluding steroid dienone is 4. The first-order valence-electron chi connectivity index (χ1n) is 24.9. The summed E-state index contributed by atoms with van der Waals surface area (Å²) >= 11 is 5.93. The molecule has 6 aromatic rings. The molecule has 6 aromatic carbocycles. The van der Waals surface area contributed by atoms with Crippen LogP contribution in [0.25, 0.3) is 22.3 Å². The highest BCUT2D eigenvalue weighted by Gasteiger charge is 2.23. The van der Waals surface area contributed by atoms with Gasteiger partial charge in [-0.2, -0.15) is 0 Å². The lowest BCUT2D eigenvalue weighted by atomic mass is 9.81. The Hall–Kier alpha value is -6.91. The highest BCUT2D eigenvalue weighted by Crippen LogP contribution is 2.39. The number of aromatic hydroxyl groups is 1. The number of methoxy groups -OCH3 is 4. The van der Waals surface area contributed by atoms with Crippen LogP contribution in [0, 0.1) is 11.6 Å². The number of rotatable bonds is 16. The predicted molar refractivity (Wildman–Crippen MR) is 300 cm³/mol. The molecule has 0 aliphatic carbocycles. The Morgan fingerprint density at radius 2 is 0.920 bits per heavy atom. The van der Waals surface area contributed by atoms with Crippen LogP contribution in [0.15, 0.2) is 145 Å². The summed E-state index contributed by atoms with van der Waals surface area (Å²) in [6, 6.07) is 36.3. The average molecular weight is 1050 g/mol. The fourth-order valence-corrected chi connectivity index (χ4v) is 8.53. The van der Waals surface area contributed by atoms with Gasteiger partial charge in [-0.15, -0.1) is 11.6 Å². The molecule has 400 valence electrons. The molecule has 0 aliphatic heterocycles. The molecule has 0 fully saturated rings. The molecule has 0 heterocycles. The second-order valence-electron chi connectivity index (χ2n) is 20.8. The van der Waals surface area contributed by atoms with Gasteiger partial charge in [-0.25, -0.2) is 8.78 Å². The zero-order chi connectivity index (χ0) is 55.6. The van der Waals surface area contributed by atoms with Gasteiger partial charge in [0.1, 0.15) is 41.2 Å². The molecule has 0 bridgehead atoms. The first-order valence-corrected chi connectivity index (χ1v) is 25.4. The van der Waals surface area contributed by atoms with Gasteiger partial charge in [0, 0.05) is 28.8 Å². The standard InChI is InChI=1S/C32H37FO4.C18H20ClFO.C14H18O3/c1-21(2)16-24(18-31(34)36-7)23-9-11-25(12-10-23)37-20-22-8-14-29(32(3,4)5)27(17-22)28-19-26(35-6)13-15-30(28)33;1-18(2,3)16-7-5-12(11-19)9-14(16)15-10-13(21-4)6-8-17(15)20;1-10(2)8-12(9-14(16)17-3)11-4-6-13(15)7-5-11/h8-17,19,24H,18,20H2,1-7H3;5-10H,11H2,1-4H3;4-8,12,15H,9H2,1-3H3/t24-;;12-/m0.0/s1. The highest BCUT2D eigenvalue weighted by atomic mass is 35.5. The van der Waals surface area contributed by atoms with E-state index in [0.29, 0.717) is 47.3 Å². The van der Waals surface area contributed by atoms with Gasteiger partial charge in [0.2, 0.25) is 0 Å². The van der Waals surface area contributed by atoms with Crippen LogP contribution in [-0.4, -0.2) is 45.5 Å². The predicted octanol–water partition coefficient (Wildman–Crippen LogP) is 16.5. The van der Waals surface area contributed by atoms with E-state index in [1.54, 1.807) is 50.6 Å². The summed E-state index contributed by atoms with van der Waals surface area (Å²) in [5.74, 6) is 1.50. The molecular formula is C64H75ClF2O8. The van der Waals surface area contributed by atoms with Crippen molar-refractivity contribution >= 4 is 23.5 Å². The Morgan fingerprint density at radius 1 is 0.533 bits per heavy atom. The maximum atomic E-state index is 14.9. The van der Waals surface area contributed by atoms with Crippen LogP contribution in [0.2, 0.25) is 0 Å². The molecule has 0 saturated heterocycles. The third-order valence-electron chi connectivity index (χ3n) is 12.2. The summed E-state index contributed by atoms with van der Waals surface area (Å²) in [7, 11) is 5.95. The second-order valence-corrected chi connectivity index (χ2v) is 21.1. The van der Waals surface area contributed by atoms with Crippen molar-refractivity contribution in [3.63, 3.8) is 0 Å². The largest absolute Gasteiger partial charge is 0.508 e. The molecule has 0 spiro atoms. The molecule has 0 amide bonds. The van der Waals surface area contributed by atoms with Gasteiger partial charge < -0.3 is 28.8 Å². The van der Waals surface area contributed by atoms with Gasteiger partial charge in [-0.3, -0.25) is 9.59 Å². The van der Waals surface area contributed by atoms with Gasteiger partial charge in [-0.05, 0) is 156 Å². The fourth-order valence-electron chi connectivity index (χ4n) is 8.36. The number of ether oxygens (including phenoxy) is 5. The quantitative estimate of drug-likeness (QED) is 0.0581. The topological polar surface area (TPSA) is 101 Å². The molecule has 0 saturated carbocycles. The van der Waals surface area contributed by atoms with Gasteiger partial charge in [0.25, 0.3) is 0 Å². The van der Waals surface area contributed by atoms with Crippen LogP contribution in [0.1, 0.15) is 127 Å². The maximum absolute atomic E-state index is 14.9. The average Bonchev–Trinajstić information content (AvgIpc) is 3.37. The third kappa shape index (κ3) is 18.5. The molecule has 0 unspecified atom stereocenters. The van der Waals surface area contributed by atoms with E-state index >= 15 is 0 Å². The lowest BCUT2D eigenvalue weighted by Crippen LogP contribution is -2.13. The number of carbonyl (C=O) groups excluding carboxylic acids is 2. The Morgan fingerprint density at radius 3 is 1.29 bits per heavy atom. The van der Waals surface area contributed by atoms with Crippen LogP contribution >= 0.6 is 11.6 Å². The number of halogens is 3. The number of alkyl halides is 1. The molecule has 11 heteroatoms. The minimum atomic E-state index is -0.294. The van der Waals surface area contributed by atoms with E-state index in [-0.39, 0.29) is 58.4 Å². The Labute approximate surface area is 449 Å². The smallest absolute Gasteiger partial charge is 0.306 e. The summed E-state index contributed by atoms with van der Waals surface area (Å²) in [4.78, 5) is 23.2. The van der Waals surface area contributed by atoms with E-state index in [9.17, 15) is 23.5 Å². The number of phenols is 1. The van der Waals surface area contributed by atoms with Crippen molar-refractivity contribution in [2.45, 2.75) is 117 Å². The summed E-state index contributed by atoms with van der Waals surface area (Å²) in [5, 5.41) is 9.24. The minimum Gasteiger partial charge on any atom is -0.508 e. The molecule has 0 radical (unpaired) electrons. The lowest BCUT2D eigenvalue weighted by molar-refractivity contribution is -0.141. The minimum absolute atomic E-state index is 0.00644. The summed E-state index contributed by atoms with van der Waals surface area (Å²) in [5.41, 5.74) is 10.8. The molecule has 8 nitrogen and oxygen atoms in total. The van der Waals surface area contributed by atoms with Crippen molar-refractivity contribution in [1.82, 2.24) is 0 Å². The number of benzene rings is 6. The molecule has 0 aromatic heterocycles. The monoisotopic (exact) mass is 1040 g/mol.